The van der Waals surface area contributed by atoms with Crippen molar-refractivity contribution in [1.82, 2.24) is 14.9 Å². The van der Waals surface area contributed by atoms with Crippen LogP contribution in [0, 0.1) is 5.82 Å². The van der Waals surface area contributed by atoms with Gasteiger partial charge in [0.1, 0.15) is 11.4 Å². The van der Waals surface area contributed by atoms with Crippen LogP contribution in [0.3, 0.4) is 0 Å². The van der Waals surface area contributed by atoms with E-state index in [1.807, 2.05) is 24.3 Å². The number of hydrogen-bond acceptors (Lipinski definition) is 5. The molecule has 0 bridgehead atoms. The maximum Gasteiger partial charge on any atom is 0.335 e. The van der Waals surface area contributed by atoms with E-state index in [2.05, 4.69) is 15.3 Å². The van der Waals surface area contributed by atoms with Crippen molar-refractivity contribution in [2.75, 3.05) is 6.54 Å². The first-order valence-electron chi connectivity index (χ1n) is 10.4. The summed E-state index contributed by atoms with van der Waals surface area (Å²) in [6.07, 6.45) is 2.20. The Morgan fingerprint density at radius 1 is 1.21 bits per heavy atom. The van der Waals surface area contributed by atoms with Crippen LogP contribution in [0.4, 0.5) is 4.39 Å². The zero-order chi connectivity index (χ0) is 23.5. The molecule has 2 aromatic carbocycles. The van der Waals surface area contributed by atoms with Gasteiger partial charge in [-0.2, -0.15) is 0 Å². The van der Waals surface area contributed by atoms with Crippen molar-refractivity contribution >= 4 is 17.6 Å². The molecule has 1 aliphatic heterocycles. The van der Waals surface area contributed by atoms with Crippen LogP contribution in [0.2, 0.25) is 0 Å². The number of allylic oxidation sites excluding steroid dienone is 1. The Morgan fingerprint density at radius 2 is 2.00 bits per heavy atom. The number of nitrogens with one attached hydrogen (secondary N) is 2. The largest absolute Gasteiger partial charge is 0.494 e. The minimum Gasteiger partial charge on any atom is -0.494 e. The maximum atomic E-state index is 13.7. The number of aromatic amines is 1. The van der Waals surface area contributed by atoms with Gasteiger partial charge in [0.05, 0.1) is 16.7 Å². The van der Waals surface area contributed by atoms with Gasteiger partial charge in [-0.15, -0.1) is 0 Å². The van der Waals surface area contributed by atoms with Crippen LogP contribution in [0.15, 0.2) is 68.8 Å². The Morgan fingerprint density at radius 3 is 2.76 bits per heavy atom. The van der Waals surface area contributed by atoms with Crippen molar-refractivity contribution in [2.45, 2.75) is 19.8 Å². The molecular weight excluding hydrogens is 427 g/mol. The van der Waals surface area contributed by atoms with Gasteiger partial charge in [0.2, 0.25) is 11.8 Å². The van der Waals surface area contributed by atoms with Crippen molar-refractivity contribution < 1.29 is 14.3 Å². The first kappa shape index (κ1) is 21.9. The number of fused-ring (bicyclic) bond motifs is 1. The van der Waals surface area contributed by atoms with Gasteiger partial charge in [0.25, 0.3) is 5.56 Å². The topological polar surface area (TPSA) is 117 Å². The number of para-hydroxylation sites is 1. The molecule has 8 nitrogen and oxygen atoms in total. The molecule has 2 heterocycles. The van der Waals surface area contributed by atoms with E-state index in [4.69, 9.17) is 0 Å². The van der Waals surface area contributed by atoms with E-state index in [1.165, 1.54) is 24.3 Å². The molecule has 1 aliphatic rings. The van der Waals surface area contributed by atoms with Gasteiger partial charge in [-0.25, -0.2) is 18.7 Å². The van der Waals surface area contributed by atoms with Crippen LogP contribution in [-0.4, -0.2) is 27.1 Å². The third-order valence-corrected chi connectivity index (χ3v) is 5.27. The van der Waals surface area contributed by atoms with Gasteiger partial charge in [0, 0.05) is 18.2 Å². The predicted molar refractivity (Wildman–Crippen MR) is 121 cm³/mol. The van der Waals surface area contributed by atoms with E-state index in [0.717, 1.165) is 21.4 Å². The van der Waals surface area contributed by atoms with Crippen molar-refractivity contribution in [3.8, 4) is 11.6 Å². The van der Waals surface area contributed by atoms with Crippen molar-refractivity contribution in [1.29, 1.82) is 0 Å². The number of benzene rings is 2. The van der Waals surface area contributed by atoms with Crippen LogP contribution in [0.5, 0.6) is 5.88 Å². The zero-order valence-electron chi connectivity index (χ0n) is 17.8. The molecule has 0 unspecified atom stereocenters. The first-order chi connectivity index (χ1) is 15.9. The average Bonchev–Trinajstić information content (AvgIpc) is 3.13. The smallest absolute Gasteiger partial charge is 0.335 e. The summed E-state index contributed by atoms with van der Waals surface area (Å²) in [6.45, 7) is 2.13. The summed E-state index contributed by atoms with van der Waals surface area (Å²) in [6, 6.07) is 12.5. The van der Waals surface area contributed by atoms with Crippen LogP contribution >= 0.6 is 0 Å². The van der Waals surface area contributed by atoms with Crippen molar-refractivity contribution in [3.63, 3.8) is 0 Å². The summed E-state index contributed by atoms with van der Waals surface area (Å²) >= 11 is 0. The maximum absolute atomic E-state index is 13.7. The second-order valence-corrected chi connectivity index (χ2v) is 7.40. The summed E-state index contributed by atoms with van der Waals surface area (Å²) in [7, 11) is 0. The predicted octanol–water partition coefficient (Wildman–Crippen LogP) is 1.11. The molecule has 3 aromatic rings. The molecule has 9 heteroatoms. The van der Waals surface area contributed by atoms with Crippen LogP contribution in [-0.2, 0) is 4.79 Å². The molecular formula is C24H21FN4O4. The molecule has 0 saturated heterocycles. The van der Waals surface area contributed by atoms with Crippen molar-refractivity contribution in [3.05, 3.63) is 97.0 Å². The summed E-state index contributed by atoms with van der Waals surface area (Å²) < 4.78 is 14.5. The lowest BCUT2D eigenvalue weighted by atomic mass is 10.1. The molecule has 0 spiro atoms. The monoisotopic (exact) mass is 448 g/mol. The Labute approximate surface area is 187 Å². The zero-order valence-corrected chi connectivity index (χ0v) is 17.8. The Kier molecular flexibility index (Phi) is 6.03. The molecule has 0 radical (unpaired) electrons. The fraction of sp³-hybridized carbons (Fsp3) is 0.167. The fourth-order valence-electron chi connectivity index (χ4n) is 3.66. The highest BCUT2D eigenvalue weighted by Gasteiger charge is 2.18. The van der Waals surface area contributed by atoms with Crippen LogP contribution in [0.1, 0.15) is 25.3 Å². The second kappa shape index (κ2) is 9.07. The summed E-state index contributed by atoms with van der Waals surface area (Å²) in [5, 5.41) is 15.2. The minimum absolute atomic E-state index is 0.0616. The van der Waals surface area contributed by atoms with E-state index in [0.29, 0.717) is 30.4 Å². The Bertz CT molecular complexity index is 1520. The molecule has 0 atom stereocenters. The van der Waals surface area contributed by atoms with Gasteiger partial charge in [-0.05, 0) is 42.3 Å². The molecule has 4 rings (SSSR count). The lowest BCUT2D eigenvalue weighted by Gasteiger charge is -2.11. The summed E-state index contributed by atoms with van der Waals surface area (Å²) in [5.74, 6) is -1.32. The normalized spacial score (nSPS) is 13.6. The molecule has 1 amide bonds. The van der Waals surface area contributed by atoms with E-state index in [1.54, 1.807) is 6.92 Å². The van der Waals surface area contributed by atoms with Gasteiger partial charge in [0.15, 0.2) is 0 Å². The summed E-state index contributed by atoms with van der Waals surface area (Å²) in [4.78, 5) is 43.3. The first-order valence-corrected chi connectivity index (χ1v) is 10.4. The number of halogens is 1. The number of H-pyrrole nitrogens is 1. The van der Waals surface area contributed by atoms with Gasteiger partial charge in [-0.1, -0.05) is 31.2 Å². The number of carbonyl (C=O) groups excluding carboxylic acids is 1. The van der Waals surface area contributed by atoms with E-state index in [-0.39, 0.29) is 17.2 Å². The number of aromatic nitrogens is 2. The second-order valence-electron chi connectivity index (χ2n) is 7.40. The van der Waals surface area contributed by atoms with Gasteiger partial charge < -0.3 is 10.4 Å². The third-order valence-electron chi connectivity index (χ3n) is 5.27. The fourth-order valence-corrected chi connectivity index (χ4v) is 3.66. The van der Waals surface area contributed by atoms with E-state index in [9.17, 15) is 23.9 Å². The molecule has 168 valence electrons. The highest BCUT2D eigenvalue weighted by Crippen LogP contribution is 2.24. The number of aromatic hydroxyl groups is 1. The SMILES string of the molecule is CCC(=O)NCCC1=c2ccccc2=N/C1=C\c1c(O)n(-c2cccc(F)c2)c(=O)[nH]c1=O. The number of carbonyl (C=O) groups is 1. The number of hydrogen-bond donors (Lipinski definition) is 3. The lowest BCUT2D eigenvalue weighted by molar-refractivity contribution is -0.120. The lowest BCUT2D eigenvalue weighted by Crippen LogP contribution is -2.30. The highest BCUT2D eigenvalue weighted by molar-refractivity contribution is 5.78. The number of rotatable bonds is 6. The van der Waals surface area contributed by atoms with Crippen LogP contribution < -0.4 is 27.1 Å². The van der Waals surface area contributed by atoms with E-state index < -0.39 is 22.9 Å². The number of amides is 1. The Hall–Kier alpha value is -4.27. The number of nitrogens with zero attached hydrogens (tertiary/aromatic N) is 2. The average molecular weight is 448 g/mol. The van der Waals surface area contributed by atoms with Gasteiger partial charge >= 0.3 is 5.69 Å². The molecule has 33 heavy (non-hydrogen) atoms. The molecule has 1 aromatic heterocycles. The van der Waals surface area contributed by atoms with Crippen molar-refractivity contribution in [2.24, 2.45) is 4.99 Å². The van der Waals surface area contributed by atoms with E-state index >= 15 is 0 Å². The quantitative estimate of drug-likeness (QED) is 0.524. The molecule has 0 fully saturated rings. The molecule has 0 saturated carbocycles. The standard InChI is InChI=1S/C24H21FN4O4/c1-2-21(30)26-11-10-17-16-8-3-4-9-19(16)27-20(17)13-18-22(31)28-24(33)29(23(18)32)15-7-5-6-14(25)12-15/h3-9,12-13,32H,2,10-11H2,1H3,(H,26,30)(H,28,31,33)/b20-13-. The Balaban J connectivity index is 1.83. The van der Waals surface area contributed by atoms with Crippen LogP contribution in [0.25, 0.3) is 17.3 Å². The highest BCUT2D eigenvalue weighted by atomic mass is 19.1. The van der Waals surface area contributed by atoms with Gasteiger partial charge in [-0.3, -0.25) is 14.6 Å². The molecule has 0 aliphatic carbocycles. The molecule has 3 N–H and O–H groups in total. The third kappa shape index (κ3) is 4.38. The minimum atomic E-state index is -0.900. The summed E-state index contributed by atoms with van der Waals surface area (Å²) in [5.41, 5.74) is -0.630.